The van der Waals surface area contributed by atoms with Gasteiger partial charge in [-0.15, -0.1) is 5.10 Å². The Morgan fingerprint density at radius 3 is 2.88 bits per heavy atom. The lowest BCUT2D eigenvalue weighted by Crippen LogP contribution is -2.30. The van der Waals surface area contributed by atoms with Crippen LogP contribution in [0.15, 0.2) is 36.5 Å². The number of nitrogens with zero attached hydrogens (tertiary/aromatic N) is 4. The largest absolute Gasteiger partial charge is 0.449 e. The van der Waals surface area contributed by atoms with Gasteiger partial charge < -0.3 is 10.1 Å². The van der Waals surface area contributed by atoms with E-state index in [1.807, 2.05) is 6.92 Å². The maximum atomic E-state index is 12.3. The number of nitrogens with one attached hydrogen (secondary N) is 1. The van der Waals surface area contributed by atoms with Crippen LogP contribution in [0.1, 0.15) is 24.2 Å². The number of pyridine rings is 1. The minimum Gasteiger partial charge on any atom is -0.449 e. The van der Waals surface area contributed by atoms with Crippen LogP contribution in [-0.4, -0.2) is 38.0 Å². The van der Waals surface area contributed by atoms with Crippen LogP contribution in [0.4, 0.5) is 5.69 Å². The summed E-state index contributed by atoms with van der Waals surface area (Å²) in [6.07, 6.45) is 0.493. The third-order valence-corrected chi connectivity index (χ3v) is 4.02. The van der Waals surface area contributed by atoms with Crippen LogP contribution in [0.5, 0.6) is 0 Å². The van der Waals surface area contributed by atoms with E-state index in [2.05, 4.69) is 20.6 Å². The molecular weight excluding hydrogens is 358 g/mol. The van der Waals surface area contributed by atoms with Gasteiger partial charge in [0, 0.05) is 12.7 Å². The average molecular weight is 374 g/mol. The van der Waals surface area contributed by atoms with Crippen molar-refractivity contribution in [1.29, 1.82) is 0 Å². The number of anilines is 1. The number of amides is 1. The van der Waals surface area contributed by atoms with Gasteiger partial charge in [0.05, 0.1) is 16.8 Å². The van der Waals surface area contributed by atoms with Crippen molar-refractivity contribution in [2.75, 3.05) is 5.32 Å². The fourth-order valence-corrected chi connectivity index (χ4v) is 2.50. The molecule has 0 unspecified atom stereocenters. The summed E-state index contributed by atoms with van der Waals surface area (Å²) < 4.78 is 6.94. The summed E-state index contributed by atoms with van der Waals surface area (Å²) in [6, 6.07) is 8.18. The molecule has 8 nitrogen and oxygen atoms in total. The van der Waals surface area contributed by atoms with Gasteiger partial charge >= 0.3 is 5.97 Å². The Bertz CT molecular complexity index is 972. The van der Waals surface area contributed by atoms with Gasteiger partial charge in [0.15, 0.2) is 11.3 Å². The van der Waals surface area contributed by atoms with Gasteiger partial charge in [0.2, 0.25) is 0 Å². The molecule has 0 aliphatic rings. The number of benzene rings is 1. The highest BCUT2D eigenvalue weighted by Gasteiger charge is 2.20. The van der Waals surface area contributed by atoms with Gasteiger partial charge in [-0.2, -0.15) is 0 Å². The Morgan fingerprint density at radius 1 is 1.35 bits per heavy atom. The zero-order chi connectivity index (χ0) is 18.7. The molecule has 0 fully saturated rings. The molecule has 0 saturated heterocycles. The lowest BCUT2D eigenvalue weighted by Gasteiger charge is -2.14. The molecule has 1 N–H and O–H groups in total. The number of carbonyl (C=O) groups is 2. The quantitative estimate of drug-likeness (QED) is 0.545. The van der Waals surface area contributed by atoms with Crippen molar-refractivity contribution >= 4 is 40.2 Å². The Hall–Kier alpha value is -3.00. The van der Waals surface area contributed by atoms with Crippen molar-refractivity contribution in [2.45, 2.75) is 26.5 Å². The van der Waals surface area contributed by atoms with Crippen molar-refractivity contribution in [3.8, 4) is 0 Å². The fraction of sp³-hybridized carbons (Fsp3) is 0.235. The number of fused-ring (bicyclic) bond motifs is 1. The summed E-state index contributed by atoms with van der Waals surface area (Å²) in [7, 11) is 0. The number of aryl methyl sites for hydroxylation is 1. The van der Waals surface area contributed by atoms with Crippen molar-refractivity contribution in [3.05, 3.63) is 47.2 Å². The van der Waals surface area contributed by atoms with E-state index in [1.54, 1.807) is 35.0 Å². The second-order valence-corrected chi connectivity index (χ2v) is 5.85. The van der Waals surface area contributed by atoms with E-state index in [9.17, 15) is 9.59 Å². The van der Waals surface area contributed by atoms with Crippen LogP contribution in [0.3, 0.4) is 0 Å². The maximum Gasteiger partial charge on any atom is 0.338 e. The van der Waals surface area contributed by atoms with Crippen LogP contribution < -0.4 is 5.32 Å². The van der Waals surface area contributed by atoms with Gasteiger partial charge in [-0.1, -0.05) is 16.8 Å². The molecule has 0 saturated carbocycles. The van der Waals surface area contributed by atoms with E-state index < -0.39 is 18.0 Å². The first-order valence-electron chi connectivity index (χ1n) is 7.95. The Morgan fingerprint density at radius 2 is 2.15 bits per heavy atom. The van der Waals surface area contributed by atoms with Crippen LogP contribution >= 0.6 is 11.6 Å². The van der Waals surface area contributed by atoms with Crippen LogP contribution in [0.25, 0.3) is 11.0 Å². The van der Waals surface area contributed by atoms with E-state index in [0.717, 1.165) is 5.52 Å². The van der Waals surface area contributed by atoms with Gasteiger partial charge in [-0.3, -0.25) is 4.79 Å². The van der Waals surface area contributed by atoms with E-state index in [0.29, 0.717) is 23.3 Å². The molecule has 3 aromatic rings. The minimum absolute atomic E-state index is 0.156. The molecule has 2 heterocycles. The highest BCUT2D eigenvalue weighted by molar-refractivity contribution is 6.32. The topological polar surface area (TPSA) is 99.0 Å². The van der Waals surface area contributed by atoms with Crippen LogP contribution in [0.2, 0.25) is 5.15 Å². The highest BCUT2D eigenvalue weighted by atomic mass is 35.5. The molecular formula is C17H16ClN5O3. The molecule has 3 rings (SSSR count). The molecule has 0 radical (unpaired) electrons. The van der Waals surface area contributed by atoms with Gasteiger partial charge in [-0.25, -0.2) is 14.5 Å². The first-order chi connectivity index (χ1) is 12.5. The zero-order valence-corrected chi connectivity index (χ0v) is 14.9. The predicted octanol–water partition coefficient (Wildman–Crippen LogP) is 2.68. The molecule has 9 heteroatoms. The SMILES string of the molecule is CCn1nnc2cc(C(=O)O[C@@H](C)C(=O)Nc3cccnc3Cl)ccc21. The zero-order valence-electron chi connectivity index (χ0n) is 14.1. The van der Waals surface area contributed by atoms with Gasteiger partial charge in [0.25, 0.3) is 5.91 Å². The van der Waals surface area contributed by atoms with Crippen molar-refractivity contribution in [2.24, 2.45) is 0 Å². The Kier molecular flexibility index (Phi) is 5.13. The second-order valence-electron chi connectivity index (χ2n) is 5.49. The second kappa shape index (κ2) is 7.49. The molecule has 1 aromatic carbocycles. The number of rotatable bonds is 5. The molecule has 0 spiro atoms. The summed E-state index contributed by atoms with van der Waals surface area (Å²) >= 11 is 5.90. The highest BCUT2D eigenvalue weighted by Crippen LogP contribution is 2.18. The third kappa shape index (κ3) is 3.65. The number of esters is 1. The molecule has 134 valence electrons. The minimum atomic E-state index is -1.01. The molecule has 1 amide bonds. The van der Waals surface area contributed by atoms with Crippen LogP contribution in [-0.2, 0) is 16.1 Å². The lowest BCUT2D eigenvalue weighted by molar-refractivity contribution is -0.123. The molecule has 0 bridgehead atoms. The smallest absolute Gasteiger partial charge is 0.338 e. The maximum absolute atomic E-state index is 12.3. The summed E-state index contributed by atoms with van der Waals surface area (Å²) in [5.74, 6) is -1.14. The van der Waals surface area contributed by atoms with Gasteiger partial charge in [0.1, 0.15) is 5.52 Å². The Balaban J connectivity index is 1.68. The van der Waals surface area contributed by atoms with Gasteiger partial charge in [-0.05, 0) is 44.2 Å². The number of halogens is 1. The molecule has 1 atom stereocenters. The number of hydrogen-bond donors (Lipinski definition) is 1. The van der Waals surface area contributed by atoms with E-state index >= 15 is 0 Å². The average Bonchev–Trinajstić information content (AvgIpc) is 3.05. The van der Waals surface area contributed by atoms with Crippen molar-refractivity contribution in [3.63, 3.8) is 0 Å². The lowest BCUT2D eigenvalue weighted by atomic mass is 10.2. The Labute approximate surface area is 154 Å². The summed E-state index contributed by atoms with van der Waals surface area (Å²) in [5, 5.41) is 10.7. The molecule has 26 heavy (non-hydrogen) atoms. The number of aromatic nitrogens is 4. The van der Waals surface area contributed by atoms with E-state index in [1.165, 1.54) is 13.1 Å². The summed E-state index contributed by atoms with van der Waals surface area (Å²) in [4.78, 5) is 28.4. The molecule has 0 aliphatic heterocycles. The number of ether oxygens (including phenoxy) is 1. The summed E-state index contributed by atoms with van der Waals surface area (Å²) in [5.41, 5.74) is 2.04. The number of carbonyl (C=O) groups excluding carboxylic acids is 2. The fourth-order valence-electron chi connectivity index (χ4n) is 2.33. The summed E-state index contributed by atoms with van der Waals surface area (Å²) in [6.45, 7) is 4.10. The van der Waals surface area contributed by atoms with Crippen molar-refractivity contribution < 1.29 is 14.3 Å². The third-order valence-electron chi connectivity index (χ3n) is 3.72. The standard InChI is InChI=1S/C17H16ClN5O3/c1-3-23-14-7-6-11(9-13(14)21-22-23)17(25)26-10(2)16(24)20-12-5-4-8-19-15(12)18/h4-10H,3H2,1-2H3,(H,20,24)/t10-/m0/s1. The first-order valence-corrected chi connectivity index (χ1v) is 8.33. The van der Waals surface area contributed by atoms with Crippen LogP contribution in [0, 0.1) is 0 Å². The number of hydrogen-bond acceptors (Lipinski definition) is 6. The normalized spacial score (nSPS) is 12.0. The molecule has 2 aromatic heterocycles. The monoisotopic (exact) mass is 373 g/mol. The molecule has 0 aliphatic carbocycles. The predicted molar refractivity (Wildman–Crippen MR) is 96.0 cm³/mol. The van der Waals surface area contributed by atoms with E-state index in [-0.39, 0.29) is 5.15 Å². The van der Waals surface area contributed by atoms with E-state index in [4.69, 9.17) is 16.3 Å². The van der Waals surface area contributed by atoms with Crippen molar-refractivity contribution in [1.82, 2.24) is 20.0 Å². The first kappa shape index (κ1) is 17.8.